The lowest BCUT2D eigenvalue weighted by molar-refractivity contribution is -0.112. The first-order valence-corrected chi connectivity index (χ1v) is 6.68. The van der Waals surface area contributed by atoms with E-state index in [1.165, 1.54) is 11.8 Å². The second-order valence-electron chi connectivity index (χ2n) is 3.32. The summed E-state index contributed by atoms with van der Waals surface area (Å²) in [5.41, 5.74) is 5.73. The number of Topliss-reactive ketones (excluding diaryl/α,β-unsaturated/α-hetero) is 1. The summed E-state index contributed by atoms with van der Waals surface area (Å²) in [6, 6.07) is 1.82. The minimum absolute atomic E-state index is 0.0276. The summed E-state index contributed by atoms with van der Waals surface area (Å²) in [6.07, 6.45) is 0. The lowest BCUT2D eigenvalue weighted by atomic mass is 10.2. The van der Waals surface area contributed by atoms with Crippen molar-refractivity contribution in [3.63, 3.8) is 0 Å². The van der Waals surface area contributed by atoms with Crippen LogP contribution in [-0.4, -0.2) is 33.8 Å². The largest absolute Gasteiger partial charge is 0.401 e. The second-order valence-corrected chi connectivity index (χ2v) is 4.93. The summed E-state index contributed by atoms with van der Waals surface area (Å²) in [5, 5.41) is 8.77. The van der Waals surface area contributed by atoms with Crippen LogP contribution in [0.15, 0.2) is 11.3 Å². The van der Waals surface area contributed by atoms with Crippen molar-refractivity contribution in [1.82, 2.24) is 4.90 Å². The smallest absolute Gasteiger partial charge is 0.185 e. The molecule has 0 heterocycles. The fourth-order valence-electron chi connectivity index (χ4n) is 1.14. The number of nitriles is 1. The molecule has 6 heteroatoms. The highest BCUT2D eigenvalue weighted by Crippen LogP contribution is 2.12. The van der Waals surface area contributed by atoms with Crippen molar-refractivity contribution in [3.8, 4) is 6.07 Å². The average Bonchev–Trinajstić information content (AvgIpc) is 2.28. The SMILES string of the molecule is CCN(CC)C(=S)SCC(=O)C(C#N)=C(C)N. The molecular weight excluding hydrogens is 254 g/mol. The maximum absolute atomic E-state index is 11.7. The maximum atomic E-state index is 11.7. The highest BCUT2D eigenvalue weighted by molar-refractivity contribution is 8.23. The van der Waals surface area contributed by atoms with Gasteiger partial charge >= 0.3 is 0 Å². The van der Waals surface area contributed by atoms with Crippen molar-refractivity contribution in [3.05, 3.63) is 11.3 Å². The molecule has 0 saturated heterocycles. The molecule has 0 fully saturated rings. The molecule has 0 aromatic rings. The molecule has 0 rings (SSSR count). The molecule has 2 N–H and O–H groups in total. The summed E-state index contributed by atoms with van der Waals surface area (Å²) in [6.45, 7) is 7.18. The molecular formula is C11H17N3OS2. The van der Waals surface area contributed by atoms with Gasteiger partial charge in [0.25, 0.3) is 0 Å². The number of nitrogens with two attached hydrogens (primary N) is 1. The molecule has 0 aliphatic heterocycles. The zero-order chi connectivity index (χ0) is 13.4. The van der Waals surface area contributed by atoms with E-state index < -0.39 is 0 Å². The highest BCUT2D eigenvalue weighted by atomic mass is 32.2. The Hall–Kier alpha value is -1.06. The standard InChI is InChI=1S/C11H17N3OS2/c1-4-14(5-2)11(16)17-7-10(15)9(6-12)8(3)13/h4-5,7,13H2,1-3H3. The van der Waals surface area contributed by atoms with E-state index in [9.17, 15) is 4.79 Å². The number of allylic oxidation sites excluding steroid dienone is 2. The molecule has 0 unspecified atom stereocenters. The monoisotopic (exact) mass is 271 g/mol. The van der Waals surface area contributed by atoms with Crippen molar-refractivity contribution in [1.29, 1.82) is 5.26 Å². The van der Waals surface area contributed by atoms with Gasteiger partial charge in [0, 0.05) is 18.8 Å². The Morgan fingerprint density at radius 2 is 2.00 bits per heavy atom. The number of hydrogen-bond acceptors (Lipinski definition) is 5. The molecule has 0 aliphatic rings. The van der Waals surface area contributed by atoms with Crippen molar-refractivity contribution in [2.75, 3.05) is 18.8 Å². The van der Waals surface area contributed by atoms with Crippen molar-refractivity contribution in [2.45, 2.75) is 20.8 Å². The van der Waals surface area contributed by atoms with E-state index >= 15 is 0 Å². The van der Waals surface area contributed by atoms with Gasteiger partial charge in [-0.2, -0.15) is 5.26 Å². The maximum Gasteiger partial charge on any atom is 0.185 e. The van der Waals surface area contributed by atoms with Crippen LogP contribution in [-0.2, 0) is 4.79 Å². The Balaban J connectivity index is 4.41. The Kier molecular flexibility index (Phi) is 7.59. The van der Waals surface area contributed by atoms with E-state index in [1.807, 2.05) is 24.8 Å². The number of thioether (sulfide) groups is 1. The van der Waals surface area contributed by atoms with Crippen LogP contribution in [0.1, 0.15) is 20.8 Å². The molecule has 0 aromatic heterocycles. The molecule has 0 aromatic carbocycles. The van der Waals surface area contributed by atoms with E-state index in [1.54, 1.807) is 6.92 Å². The fourth-order valence-corrected chi connectivity index (χ4v) is 2.42. The van der Waals surface area contributed by atoms with Crippen molar-refractivity contribution < 1.29 is 4.79 Å². The van der Waals surface area contributed by atoms with E-state index in [0.29, 0.717) is 4.32 Å². The molecule has 0 spiro atoms. The lowest BCUT2D eigenvalue weighted by Gasteiger charge is -2.20. The molecule has 0 radical (unpaired) electrons. The highest BCUT2D eigenvalue weighted by Gasteiger charge is 2.14. The Morgan fingerprint density at radius 1 is 1.47 bits per heavy atom. The average molecular weight is 271 g/mol. The fraction of sp³-hybridized carbons (Fsp3) is 0.545. The van der Waals surface area contributed by atoms with Crippen molar-refractivity contribution in [2.24, 2.45) is 5.73 Å². The molecule has 94 valence electrons. The van der Waals surface area contributed by atoms with Gasteiger partial charge in [0.15, 0.2) is 5.78 Å². The Morgan fingerprint density at radius 3 is 2.35 bits per heavy atom. The number of ketones is 1. The third-order valence-electron chi connectivity index (χ3n) is 2.13. The first-order valence-electron chi connectivity index (χ1n) is 5.29. The number of carbonyl (C=O) groups is 1. The van der Waals surface area contributed by atoms with Crippen LogP contribution < -0.4 is 5.73 Å². The van der Waals surface area contributed by atoms with Gasteiger partial charge in [0.2, 0.25) is 0 Å². The normalized spacial score (nSPS) is 11.4. The summed E-state index contributed by atoms with van der Waals surface area (Å²) >= 11 is 6.46. The molecule has 0 saturated carbocycles. The zero-order valence-corrected chi connectivity index (χ0v) is 12.0. The predicted octanol–water partition coefficient (Wildman–Crippen LogP) is 1.67. The van der Waals surface area contributed by atoms with Crippen LogP contribution in [0.5, 0.6) is 0 Å². The molecule has 0 bridgehead atoms. The summed E-state index contributed by atoms with van der Waals surface area (Å²) < 4.78 is 0.676. The third kappa shape index (κ3) is 5.20. The molecule has 4 nitrogen and oxygen atoms in total. The van der Waals surface area contributed by atoms with Gasteiger partial charge in [-0.25, -0.2) is 0 Å². The summed E-state index contributed by atoms with van der Waals surface area (Å²) in [5.74, 6) is -0.112. The van der Waals surface area contributed by atoms with Crippen LogP contribution in [0, 0.1) is 11.3 Å². The topological polar surface area (TPSA) is 70.1 Å². The number of hydrogen-bond donors (Lipinski definition) is 1. The zero-order valence-electron chi connectivity index (χ0n) is 10.3. The number of thiocarbonyl (C=S) groups is 1. The molecule has 0 atom stereocenters. The van der Waals surface area contributed by atoms with Gasteiger partial charge in [-0.15, -0.1) is 0 Å². The summed E-state index contributed by atoms with van der Waals surface area (Å²) in [4.78, 5) is 13.6. The summed E-state index contributed by atoms with van der Waals surface area (Å²) in [7, 11) is 0. The van der Waals surface area contributed by atoms with E-state index in [0.717, 1.165) is 13.1 Å². The number of nitrogens with zero attached hydrogens (tertiary/aromatic N) is 2. The molecule has 0 aliphatic carbocycles. The van der Waals surface area contributed by atoms with Crippen LogP contribution >= 0.6 is 24.0 Å². The van der Waals surface area contributed by atoms with Gasteiger partial charge in [0.1, 0.15) is 16.0 Å². The van der Waals surface area contributed by atoms with Crippen LogP contribution in [0.25, 0.3) is 0 Å². The second kappa shape index (κ2) is 8.09. The number of rotatable bonds is 5. The van der Waals surface area contributed by atoms with E-state index in [2.05, 4.69) is 0 Å². The van der Waals surface area contributed by atoms with Crippen molar-refractivity contribution >= 4 is 34.1 Å². The van der Waals surface area contributed by atoms with Gasteiger partial charge < -0.3 is 10.6 Å². The Labute approximate surface area is 112 Å². The first-order chi connectivity index (χ1) is 7.97. The van der Waals surface area contributed by atoms with Gasteiger partial charge in [-0.3, -0.25) is 4.79 Å². The van der Waals surface area contributed by atoms with Gasteiger partial charge in [-0.05, 0) is 20.8 Å². The van der Waals surface area contributed by atoms with Gasteiger partial charge in [-0.1, -0.05) is 24.0 Å². The number of carbonyl (C=O) groups excluding carboxylic acids is 1. The first kappa shape index (κ1) is 15.9. The molecule has 17 heavy (non-hydrogen) atoms. The minimum atomic E-state index is -0.271. The quantitative estimate of drug-likeness (QED) is 0.466. The van der Waals surface area contributed by atoms with Crippen LogP contribution in [0.2, 0.25) is 0 Å². The minimum Gasteiger partial charge on any atom is -0.401 e. The van der Waals surface area contributed by atoms with E-state index in [4.69, 9.17) is 23.2 Å². The third-order valence-corrected chi connectivity index (χ3v) is 3.66. The van der Waals surface area contributed by atoms with Crippen LogP contribution in [0.3, 0.4) is 0 Å². The Bertz CT molecular complexity index is 363. The predicted molar refractivity (Wildman–Crippen MR) is 75.5 cm³/mol. The van der Waals surface area contributed by atoms with Gasteiger partial charge in [0.05, 0.1) is 5.75 Å². The lowest BCUT2D eigenvalue weighted by Crippen LogP contribution is -2.27. The van der Waals surface area contributed by atoms with E-state index in [-0.39, 0.29) is 22.8 Å². The van der Waals surface area contributed by atoms with Crippen LogP contribution in [0.4, 0.5) is 0 Å². The molecule has 0 amide bonds.